The Bertz CT molecular complexity index is 1690. The van der Waals surface area contributed by atoms with Gasteiger partial charge in [-0.3, -0.25) is 24.1 Å². The molecule has 0 spiro atoms. The average Bonchev–Trinajstić information content (AvgIpc) is 3.11. The zero-order valence-electron chi connectivity index (χ0n) is 29.3. The fourth-order valence-electron chi connectivity index (χ4n) is 6.24. The van der Waals surface area contributed by atoms with Crippen LogP contribution in [0.3, 0.4) is 0 Å². The van der Waals surface area contributed by atoms with Gasteiger partial charge in [0.15, 0.2) is 11.5 Å². The van der Waals surface area contributed by atoms with Gasteiger partial charge < -0.3 is 35.1 Å². The number of rotatable bonds is 5. The molecular formula is C38H47N5O7. The molecule has 0 aliphatic carbocycles. The highest BCUT2D eigenvalue weighted by molar-refractivity contribution is 5.95. The van der Waals surface area contributed by atoms with Gasteiger partial charge in [-0.25, -0.2) is 0 Å². The third kappa shape index (κ3) is 9.12. The summed E-state index contributed by atoms with van der Waals surface area (Å²) >= 11 is 0. The smallest absolute Gasteiger partial charge is 0.251 e. The molecule has 12 heteroatoms. The van der Waals surface area contributed by atoms with Crippen LogP contribution in [-0.4, -0.2) is 86.4 Å². The van der Waals surface area contributed by atoms with Crippen molar-refractivity contribution in [3.63, 3.8) is 0 Å². The van der Waals surface area contributed by atoms with E-state index in [4.69, 9.17) is 14.2 Å². The van der Waals surface area contributed by atoms with E-state index in [1.54, 1.807) is 41.3 Å². The van der Waals surface area contributed by atoms with Crippen molar-refractivity contribution in [1.29, 1.82) is 0 Å². The van der Waals surface area contributed by atoms with Crippen LogP contribution in [0.25, 0.3) is 0 Å². The van der Waals surface area contributed by atoms with Crippen molar-refractivity contribution in [2.45, 2.75) is 52.2 Å². The van der Waals surface area contributed by atoms with E-state index in [0.29, 0.717) is 66.6 Å². The molecule has 2 bridgehead atoms. The van der Waals surface area contributed by atoms with Crippen LogP contribution in [0.4, 0.5) is 0 Å². The maximum atomic E-state index is 13.7. The average molecular weight is 686 g/mol. The van der Waals surface area contributed by atoms with E-state index in [9.17, 15) is 19.2 Å². The number of methoxy groups -OCH3 is 2. The van der Waals surface area contributed by atoms with Crippen LogP contribution in [0.2, 0.25) is 0 Å². The Morgan fingerprint density at radius 3 is 2.42 bits per heavy atom. The summed E-state index contributed by atoms with van der Waals surface area (Å²) in [4.78, 5) is 57.6. The van der Waals surface area contributed by atoms with E-state index in [0.717, 1.165) is 13.0 Å². The lowest BCUT2D eigenvalue weighted by Crippen LogP contribution is -2.53. The van der Waals surface area contributed by atoms with E-state index in [1.165, 1.54) is 25.3 Å². The van der Waals surface area contributed by atoms with Gasteiger partial charge in [-0.2, -0.15) is 0 Å². The lowest BCUT2D eigenvalue weighted by atomic mass is 10.00. The predicted octanol–water partition coefficient (Wildman–Crippen LogP) is 3.66. The Hall–Kier alpha value is -5.10. The molecular weight excluding hydrogens is 638 g/mol. The third-order valence-electron chi connectivity index (χ3n) is 9.06. The molecule has 12 nitrogen and oxygen atoms in total. The van der Waals surface area contributed by atoms with Gasteiger partial charge in [0, 0.05) is 31.7 Å². The highest BCUT2D eigenvalue weighted by Gasteiger charge is 2.28. The van der Waals surface area contributed by atoms with Crippen LogP contribution in [0.15, 0.2) is 60.7 Å². The SMILES string of the molecule is COc1ccc2cc1Oc1cccc(OC)c1CNC(=O)[C@@H](C(C)C)NC(=O)CN(C(=O)CN1CCc3ccccc3C1)CCCCNC2=O. The molecule has 266 valence electrons. The molecule has 5 rings (SSSR count). The van der Waals surface area contributed by atoms with Crippen LogP contribution >= 0.6 is 0 Å². The number of hydrogen-bond donors (Lipinski definition) is 3. The number of fused-ring (bicyclic) bond motifs is 4. The van der Waals surface area contributed by atoms with Crippen molar-refractivity contribution in [1.82, 2.24) is 25.8 Å². The van der Waals surface area contributed by atoms with Gasteiger partial charge >= 0.3 is 0 Å². The summed E-state index contributed by atoms with van der Waals surface area (Å²) in [6, 6.07) is 17.6. The van der Waals surface area contributed by atoms with Crippen molar-refractivity contribution >= 4 is 23.6 Å². The first kappa shape index (κ1) is 36.2. The Kier molecular flexibility index (Phi) is 12.3. The van der Waals surface area contributed by atoms with Crippen molar-refractivity contribution in [2.75, 3.05) is 46.9 Å². The van der Waals surface area contributed by atoms with Crippen molar-refractivity contribution in [2.24, 2.45) is 5.92 Å². The van der Waals surface area contributed by atoms with E-state index in [1.807, 2.05) is 26.0 Å². The normalized spacial score (nSPS) is 18.1. The summed E-state index contributed by atoms with van der Waals surface area (Å²) in [5.74, 6) is 0.107. The summed E-state index contributed by atoms with van der Waals surface area (Å²) < 4.78 is 17.4. The molecule has 0 saturated heterocycles. The second-order valence-corrected chi connectivity index (χ2v) is 12.9. The maximum absolute atomic E-state index is 13.7. The molecule has 1 atom stereocenters. The summed E-state index contributed by atoms with van der Waals surface area (Å²) in [5.41, 5.74) is 3.43. The summed E-state index contributed by atoms with van der Waals surface area (Å²) in [5, 5.41) is 8.75. The largest absolute Gasteiger partial charge is 0.496 e. The molecule has 0 radical (unpaired) electrons. The number of nitrogens with one attached hydrogen (secondary N) is 3. The number of ether oxygens (including phenoxy) is 3. The highest BCUT2D eigenvalue weighted by atomic mass is 16.5. The maximum Gasteiger partial charge on any atom is 0.251 e. The van der Waals surface area contributed by atoms with E-state index >= 15 is 0 Å². The molecule has 2 aliphatic rings. The first-order valence-corrected chi connectivity index (χ1v) is 17.1. The predicted molar refractivity (Wildman–Crippen MR) is 188 cm³/mol. The molecule has 0 fully saturated rings. The van der Waals surface area contributed by atoms with Gasteiger partial charge in [-0.15, -0.1) is 0 Å². The summed E-state index contributed by atoms with van der Waals surface area (Å²) in [6.45, 7) is 5.82. The van der Waals surface area contributed by atoms with E-state index in [2.05, 4.69) is 33.0 Å². The van der Waals surface area contributed by atoms with Gasteiger partial charge in [-0.1, -0.05) is 44.2 Å². The fourth-order valence-corrected chi connectivity index (χ4v) is 6.24. The number of benzene rings is 3. The standard InChI is InChI=1S/C38H47N5O7/c1-25(2)36-38(47)40-21-29-30(48-3)12-9-13-31(29)50-33-20-27(14-15-32(33)49-4)37(46)39-17-7-8-18-43(23-34(44)41-36)35(45)24-42-19-16-26-10-5-6-11-28(26)22-42/h5-6,9-15,20,25,36H,7-8,16-19,21-24H2,1-4H3,(H,39,46)(H,40,47)(H,41,44)/t36-/m1/s1. The Morgan fingerprint density at radius 1 is 0.880 bits per heavy atom. The van der Waals surface area contributed by atoms with Crippen molar-refractivity contribution < 1.29 is 33.4 Å². The van der Waals surface area contributed by atoms with Gasteiger partial charge in [0.2, 0.25) is 17.7 Å². The van der Waals surface area contributed by atoms with Gasteiger partial charge in [0.05, 0.1) is 39.4 Å². The molecule has 0 unspecified atom stereocenters. The van der Waals surface area contributed by atoms with Crippen LogP contribution in [0, 0.1) is 5.92 Å². The number of hydrogen-bond acceptors (Lipinski definition) is 8. The minimum Gasteiger partial charge on any atom is -0.496 e. The monoisotopic (exact) mass is 685 g/mol. The Labute approximate surface area is 293 Å². The van der Waals surface area contributed by atoms with Crippen LogP contribution < -0.4 is 30.2 Å². The Balaban J connectivity index is 1.38. The quantitative estimate of drug-likeness (QED) is 0.370. The van der Waals surface area contributed by atoms with Crippen molar-refractivity contribution in [3.05, 3.63) is 82.9 Å². The molecule has 0 aromatic heterocycles. The second-order valence-electron chi connectivity index (χ2n) is 12.9. The lowest BCUT2D eigenvalue weighted by Gasteiger charge is -2.31. The third-order valence-corrected chi connectivity index (χ3v) is 9.06. The zero-order valence-corrected chi connectivity index (χ0v) is 29.3. The minimum atomic E-state index is -0.852. The van der Waals surface area contributed by atoms with Gasteiger partial charge in [0.1, 0.15) is 17.5 Å². The second kappa shape index (κ2) is 17.0. The van der Waals surface area contributed by atoms with Crippen LogP contribution in [0.5, 0.6) is 23.0 Å². The molecule has 3 aromatic carbocycles. The fraction of sp³-hybridized carbons (Fsp3) is 0.421. The van der Waals surface area contributed by atoms with E-state index < -0.39 is 11.9 Å². The molecule has 50 heavy (non-hydrogen) atoms. The first-order valence-electron chi connectivity index (χ1n) is 17.1. The summed E-state index contributed by atoms with van der Waals surface area (Å²) in [6.07, 6.45) is 2.00. The topological polar surface area (TPSA) is 139 Å². The number of amides is 4. The van der Waals surface area contributed by atoms with Crippen LogP contribution in [-0.2, 0) is 33.9 Å². The minimum absolute atomic E-state index is 0.0311. The molecule has 2 heterocycles. The Morgan fingerprint density at radius 2 is 1.66 bits per heavy atom. The van der Waals surface area contributed by atoms with Crippen LogP contribution in [0.1, 0.15) is 53.7 Å². The van der Waals surface area contributed by atoms with E-state index in [-0.39, 0.29) is 43.3 Å². The van der Waals surface area contributed by atoms with Gasteiger partial charge in [0.25, 0.3) is 5.91 Å². The number of carbonyl (C=O) groups is 4. The van der Waals surface area contributed by atoms with Gasteiger partial charge in [-0.05, 0) is 66.6 Å². The molecule has 4 amide bonds. The number of nitrogens with zero attached hydrogens (tertiary/aromatic N) is 2. The summed E-state index contributed by atoms with van der Waals surface area (Å²) in [7, 11) is 3.03. The molecule has 3 N–H and O–H groups in total. The molecule has 0 saturated carbocycles. The first-order chi connectivity index (χ1) is 24.2. The highest BCUT2D eigenvalue weighted by Crippen LogP contribution is 2.37. The van der Waals surface area contributed by atoms with Crippen molar-refractivity contribution in [3.8, 4) is 23.0 Å². The zero-order chi connectivity index (χ0) is 35.6. The molecule has 3 aromatic rings. The number of carbonyl (C=O) groups excluding carboxylic acids is 4. The lowest BCUT2D eigenvalue weighted by molar-refractivity contribution is -0.138. The molecule has 2 aliphatic heterocycles.